The summed E-state index contributed by atoms with van der Waals surface area (Å²) in [4.78, 5) is 3.91. The summed E-state index contributed by atoms with van der Waals surface area (Å²) in [6, 6.07) is 1.63. The third kappa shape index (κ3) is 1.52. The van der Waals surface area contributed by atoms with Crippen molar-refractivity contribution < 1.29 is 0 Å². The molecule has 0 aliphatic rings. The normalized spacial score (nSPS) is 9.80. The van der Waals surface area contributed by atoms with Gasteiger partial charge in [0.25, 0.3) is 0 Å². The quantitative estimate of drug-likeness (QED) is 0.666. The van der Waals surface area contributed by atoms with E-state index in [1.165, 1.54) is 6.20 Å². The number of anilines is 1. The molecular formula is C6H6Cl2N2. The minimum atomic E-state index is 0.319. The summed E-state index contributed by atoms with van der Waals surface area (Å²) < 4.78 is 0. The van der Waals surface area contributed by atoms with Gasteiger partial charge in [-0.1, -0.05) is 11.6 Å². The van der Waals surface area contributed by atoms with Gasteiger partial charge in [0.15, 0.2) is 0 Å². The number of aromatic nitrogens is 1. The van der Waals surface area contributed by atoms with Gasteiger partial charge >= 0.3 is 0 Å². The van der Waals surface area contributed by atoms with Crippen LogP contribution in [0.5, 0.6) is 0 Å². The summed E-state index contributed by atoms with van der Waals surface area (Å²) in [5.74, 6) is 0.319. The monoisotopic (exact) mass is 176 g/mol. The molecule has 0 radical (unpaired) electrons. The zero-order valence-electron chi connectivity index (χ0n) is 5.14. The maximum atomic E-state index is 5.70. The summed E-state index contributed by atoms with van der Waals surface area (Å²) in [5.41, 5.74) is 6.61. The van der Waals surface area contributed by atoms with Crippen LogP contribution in [0.2, 0.25) is 5.02 Å². The van der Waals surface area contributed by atoms with E-state index >= 15 is 0 Å². The summed E-state index contributed by atoms with van der Waals surface area (Å²) in [5, 5.41) is 0.523. The molecule has 0 atom stereocenters. The van der Waals surface area contributed by atoms with Crippen LogP contribution in [-0.4, -0.2) is 4.98 Å². The van der Waals surface area contributed by atoms with E-state index in [-0.39, 0.29) is 0 Å². The molecule has 4 heteroatoms. The highest BCUT2D eigenvalue weighted by atomic mass is 35.5. The Balaban J connectivity index is 3.07. The van der Waals surface area contributed by atoms with Crippen LogP contribution in [0.3, 0.4) is 0 Å². The number of nitrogen functional groups attached to an aromatic ring is 1. The number of hydrogen-bond acceptors (Lipinski definition) is 2. The summed E-state index contributed by atoms with van der Waals surface area (Å²) >= 11 is 11.2. The average molecular weight is 177 g/mol. The molecule has 0 aliphatic heterocycles. The fourth-order valence-corrected chi connectivity index (χ4v) is 1.10. The maximum absolute atomic E-state index is 5.70. The van der Waals surface area contributed by atoms with Crippen molar-refractivity contribution in [3.63, 3.8) is 0 Å². The van der Waals surface area contributed by atoms with Crippen molar-refractivity contribution in [3.8, 4) is 0 Å². The first-order chi connectivity index (χ1) is 4.74. The number of alkyl halides is 1. The van der Waals surface area contributed by atoms with Crippen LogP contribution < -0.4 is 5.73 Å². The Morgan fingerprint density at radius 3 is 2.80 bits per heavy atom. The number of halogens is 2. The molecule has 0 fully saturated rings. The van der Waals surface area contributed by atoms with Crippen molar-refractivity contribution in [3.05, 3.63) is 23.0 Å². The van der Waals surface area contributed by atoms with Gasteiger partial charge in [0, 0.05) is 0 Å². The first-order valence-electron chi connectivity index (χ1n) is 2.70. The van der Waals surface area contributed by atoms with E-state index in [1.807, 2.05) is 0 Å². The zero-order valence-corrected chi connectivity index (χ0v) is 6.65. The molecule has 0 amide bonds. The maximum Gasteiger partial charge on any atom is 0.0738 e. The Morgan fingerprint density at radius 2 is 2.30 bits per heavy atom. The van der Waals surface area contributed by atoms with Crippen LogP contribution in [0.25, 0.3) is 0 Å². The fourth-order valence-electron chi connectivity index (χ4n) is 0.579. The van der Waals surface area contributed by atoms with Crippen LogP contribution in [-0.2, 0) is 5.88 Å². The third-order valence-electron chi connectivity index (χ3n) is 1.07. The predicted octanol–water partition coefficient (Wildman–Crippen LogP) is 2.06. The predicted molar refractivity (Wildman–Crippen MR) is 43.2 cm³/mol. The van der Waals surface area contributed by atoms with Gasteiger partial charge < -0.3 is 5.73 Å². The molecule has 0 bridgehead atoms. The van der Waals surface area contributed by atoms with Gasteiger partial charge in [-0.05, 0) is 6.07 Å². The molecule has 1 aromatic heterocycles. The Kier molecular flexibility index (Phi) is 2.35. The van der Waals surface area contributed by atoms with Crippen LogP contribution in [0, 0.1) is 0 Å². The van der Waals surface area contributed by atoms with E-state index in [2.05, 4.69) is 4.98 Å². The molecule has 2 N–H and O–H groups in total. The number of nitrogens with zero attached hydrogens (tertiary/aromatic N) is 1. The lowest BCUT2D eigenvalue weighted by Crippen LogP contribution is -1.90. The summed E-state index contributed by atoms with van der Waals surface area (Å²) in [6.45, 7) is 0. The van der Waals surface area contributed by atoms with Gasteiger partial charge in [0.1, 0.15) is 0 Å². The van der Waals surface area contributed by atoms with Crippen LogP contribution in [0.15, 0.2) is 12.3 Å². The van der Waals surface area contributed by atoms with E-state index in [1.54, 1.807) is 6.07 Å². The Bertz CT molecular complexity index is 237. The van der Waals surface area contributed by atoms with Gasteiger partial charge in [-0.2, -0.15) is 0 Å². The number of rotatable bonds is 1. The number of pyridine rings is 1. The molecule has 0 aliphatic carbocycles. The Morgan fingerprint density at radius 1 is 1.60 bits per heavy atom. The second kappa shape index (κ2) is 3.08. The van der Waals surface area contributed by atoms with E-state index in [9.17, 15) is 0 Å². The Labute approximate surface area is 69.0 Å². The van der Waals surface area contributed by atoms with E-state index in [4.69, 9.17) is 28.9 Å². The highest BCUT2D eigenvalue weighted by Gasteiger charge is 1.98. The smallest absolute Gasteiger partial charge is 0.0738 e. The van der Waals surface area contributed by atoms with Gasteiger partial charge in [-0.25, -0.2) is 0 Å². The van der Waals surface area contributed by atoms with Crippen LogP contribution >= 0.6 is 23.2 Å². The molecule has 2 nitrogen and oxygen atoms in total. The molecule has 0 spiro atoms. The second-order valence-corrected chi connectivity index (χ2v) is 2.51. The van der Waals surface area contributed by atoms with Gasteiger partial charge in [0.2, 0.25) is 0 Å². The van der Waals surface area contributed by atoms with Crippen molar-refractivity contribution in [1.29, 1.82) is 0 Å². The molecule has 10 heavy (non-hydrogen) atoms. The van der Waals surface area contributed by atoms with E-state index < -0.39 is 0 Å². The average Bonchev–Trinajstić information content (AvgIpc) is 1.88. The lowest BCUT2D eigenvalue weighted by molar-refractivity contribution is 1.17. The van der Waals surface area contributed by atoms with Crippen molar-refractivity contribution >= 4 is 28.9 Å². The van der Waals surface area contributed by atoms with Gasteiger partial charge in [-0.3, -0.25) is 4.98 Å². The topological polar surface area (TPSA) is 38.9 Å². The highest BCUT2D eigenvalue weighted by molar-refractivity contribution is 6.32. The molecule has 0 saturated heterocycles. The lowest BCUT2D eigenvalue weighted by Gasteiger charge is -1.97. The number of nitrogens with two attached hydrogens (primary N) is 1. The van der Waals surface area contributed by atoms with Crippen molar-refractivity contribution in [2.24, 2.45) is 0 Å². The molecule has 0 unspecified atom stereocenters. The molecule has 1 aromatic rings. The zero-order chi connectivity index (χ0) is 7.56. The summed E-state index contributed by atoms with van der Waals surface area (Å²) in [6.07, 6.45) is 1.53. The SMILES string of the molecule is Nc1cnc(CCl)c(Cl)c1. The fraction of sp³-hybridized carbons (Fsp3) is 0.167. The van der Waals surface area contributed by atoms with Crippen molar-refractivity contribution in [2.45, 2.75) is 5.88 Å². The van der Waals surface area contributed by atoms with Crippen molar-refractivity contribution in [2.75, 3.05) is 5.73 Å². The standard InChI is InChI=1S/C6H6Cl2N2/c7-2-6-5(8)1-4(9)3-10-6/h1,3H,2,9H2. The van der Waals surface area contributed by atoms with E-state index in [0.29, 0.717) is 22.3 Å². The summed E-state index contributed by atoms with van der Waals surface area (Å²) in [7, 11) is 0. The van der Waals surface area contributed by atoms with E-state index in [0.717, 1.165) is 0 Å². The molecule has 1 rings (SSSR count). The van der Waals surface area contributed by atoms with Crippen LogP contribution in [0.4, 0.5) is 5.69 Å². The minimum Gasteiger partial charge on any atom is -0.397 e. The van der Waals surface area contributed by atoms with Crippen molar-refractivity contribution in [1.82, 2.24) is 4.98 Å². The van der Waals surface area contributed by atoms with Gasteiger partial charge in [0.05, 0.1) is 28.5 Å². The molecular weight excluding hydrogens is 171 g/mol. The molecule has 0 aromatic carbocycles. The third-order valence-corrected chi connectivity index (χ3v) is 1.65. The molecule has 1 heterocycles. The highest BCUT2D eigenvalue weighted by Crippen LogP contribution is 2.17. The second-order valence-electron chi connectivity index (χ2n) is 1.83. The van der Waals surface area contributed by atoms with Gasteiger partial charge in [-0.15, -0.1) is 11.6 Å². The minimum absolute atomic E-state index is 0.319. The Hall–Kier alpha value is -0.470. The first-order valence-corrected chi connectivity index (χ1v) is 3.61. The largest absolute Gasteiger partial charge is 0.397 e. The number of hydrogen-bond donors (Lipinski definition) is 1. The van der Waals surface area contributed by atoms with Crippen LogP contribution in [0.1, 0.15) is 5.69 Å². The molecule has 0 saturated carbocycles. The first kappa shape index (κ1) is 7.63. The molecule has 54 valence electrons. The lowest BCUT2D eigenvalue weighted by atomic mass is 10.3.